The van der Waals surface area contributed by atoms with Gasteiger partial charge in [-0.15, -0.1) is 0 Å². The molecule has 0 aromatic heterocycles. The first-order valence-corrected chi connectivity index (χ1v) is 9.98. The van der Waals surface area contributed by atoms with Gasteiger partial charge in [-0.3, -0.25) is 4.79 Å². The van der Waals surface area contributed by atoms with Gasteiger partial charge in [-0.1, -0.05) is 30.1 Å². The van der Waals surface area contributed by atoms with Crippen LogP contribution in [-0.4, -0.2) is 49.9 Å². The fourth-order valence-corrected chi connectivity index (χ4v) is 4.65. The van der Waals surface area contributed by atoms with E-state index in [2.05, 4.69) is 0 Å². The van der Waals surface area contributed by atoms with Crippen molar-refractivity contribution in [3.63, 3.8) is 0 Å². The zero-order valence-corrected chi connectivity index (χ0v) is 15.1. The Balaban J connectivity index is 2.02. The molecule has 1 aromatic carbocycles. The summed E-state index contributed by atoms with van der Waals surface area (Å²) in [6.07, 6.45) is 1.23. The lowest BCUT2D eigenvalue weighted by Gasteiger charge is -2.28. The molecule has 0 N–H and O–H groups in total. The average Bonchev–Trinajstić information content (AvgIpc) is 2.85. The Hall–Kier alpha value is -0.980. The van der Waals surface area contributed by atoms with Crippen LogP contribution in [0.4, 0.5) is 0 Å². The lowest BCUT2D eigenvalue weighted by molar-refractivity contribution is -0.135. The van der Waals surface area contributed by atoms with E-state index >= 15 is 0 Å². The van der Waals surface area contributed by atoms with Gasteiger partial charge in [0, 0.05) is 23.7 Å². The van der Waals surface area contributed by atoms with E-state index in [4.69, 9.17) is 27.9 Å². The summed E-state index contributed by atoms with van der Waals surface area (Å²) in [5.74, 6) is 0.246. The predicted octanol–water partition coefficient (Wildman–Crippen LogP) is 2.80. The van der Waals surface area contributed by atoms with Crippen LogP contribution in [0, 0.1) is 0 Å². The molecule has 1 unspecified atom stereocenters. The van der Waals surface area contributed by atoms with Crippen molar-refractivity contribution in [2.45, 2.75) is 25.8 Å². The van der Waals surface area contributed by atoms with Gasteiger partial charge in [0.1, 0.15) is 5.75 Å². The molecule has 0 bridgehead atoms. The topological polar surface area (TPSA) is 63.7 Å². The van der Waals surface area contributed by atoms with Gasteiger partial charge in [0.2, 0.25) is 0 Å². The van der Waals surface area contributed by atoms with Crippen LogP contribution in [-0.2, 0) is 14.6 Å². The SMILES string of the molecule is CCCN(C(=O)COc1cc(Cl)ccc1Cl)C1CCS(=O)(=O)C1. The molecule has 1 amide bonds. The smallest absolute Gasteiger partial charge is 0.260 e. The van der Waals surface area contributed by atoms with Gasteiger partial charge < -0.3 is 9.64 Å². The Morgan fingerprint density at radius 3 is 2.74 bits per heavy atom. The number of nitrogens with zero attached hydrogens (tertiary/aromatic N) is 1. The van der Waals surface area contributed by atoms with Gasteiger partial charge in [-0.25, -0.2) is 8.42 Å². The van der Waals surface area contributed by atoms with Crippen LogP contribution in [0.25, 0.3) is 0 Å². The Morgan fingerprint density at radius 1 is 1.39 bits per heavy atom. The lowest BCUT2D eigenvalue weighted by Crippen LogP contribution is -2.44. The summed E-state index contributed by atoms with van der Waals surface area (Å²) in [6, 6.07) is 4.50. The highest BCUT2D eigenvalue weighted by Gasteiger charge is 2.34. The normalized spacial score (nSPS) is 19.5. The van der Waals surface area contributed by atoms with E-state index in [0.29, 0.717) is 28.8 Å². The first-order chi connectivity index (χ1) is 10.8. The molecule has 0 radical (unpaired) electrons. The van der Waals surface area contributed by atoms with Crippen molar-refractivity contribution in [3.8, 4) is 5.75 Å². The van der Waals surface area contributed by atoms with Crippen LogP contribution < -0.4 is 4.74 Å². The summed E-state index contributed by atoms with van der Waals surface area (Å²) < 4.78 is 28.7. The highest BCUT2D eigenvalue weighted by atomic mass is 35.5. The lowest BCUT2D eigenvalue weighted by atomic mass is 10.2. The van der Waals surface area contributed by atoms with Crippen LogP contribution in [0.15, 0.2) is 18.2 Å². The van der Waals surface area contributed by atoms with Crippen molar-refractivity contribution in [2.24, 2.45) is 0 Å². The Morgan fingerprint density at radius 2 is 2.13 bits per heavy atom. The van der Waals surface area contributed by atoms with Crippen LogP contribution in [0.5, 0.6) is 5.75 Å². The molecule has 0 spiro atoms. The van der Waals surface area contributed by atoms with Crippen molar-refractivity contribution < 1.29 is 17.9 Å². The van der Waals surface area contributed by atoms with Crippen molar-refractivity contribution in [1.29, 1.82) is 0 Å². The molecule has 1 aliphatic rings. The van der Waals surface area contributed by atoms with Crippen LogP contribution >= 0.6 is 23.2 Å². The molecule has 1 heterocycles. The molecule has 0 saturated carbocycles. The molecule has 23 heavy (non-hydrogen) atoms. The number of carbonyl (C=O) groups is 1. The summed E-state index contributed by atoms with van der Waals surface area (Å²) in [4.78, 5) is 14.0. The predicted molar refractivity (Wildman–Crippen MR) is 91.0 cm³/mol. The van der Waals surface area contributed by atoms with Crippen LogP contribution in [0.1, 0.15) is 19.8 Å². The molecule has 2 rings (SSSR count). The van der Waals surface area contributed by atoms with E-state index in [-0.39, 0.29) is 30.1 Å². The quantitative estimate of drug-likeness (QED) is 0.762. The second-order valence-corrected chi connectivity index (χ2v) is 8.58. The largest absolute Gasteiger partial charge is 0.482 e. The fourth-order valence-electron chi connectivity index (χ4n) is 2.58. The Kier molecular flexibility index (Phi) is 6.17. The number of carbonyl (C=O) groups excluding carboxylic acids is 1. The van der Waals surface area contributed by atoms with Crippen LogP contribution in [0.2, 0.25) is 10.0 Å². The second kappa shape index (κ2) is 7.73. The van der Waals surface area contributed by atoms with Gasteiger partial charge in [0.25, 0.3) is 5.91 Å². The minimum absolute atomic E-state index is 0.0245. The number of ether oxygens (including phenoxy) is 1. The Labute approximate surface area is 146 Å². The van der Waals surface area contributed by atoms with E-state index < -0.39 is 9.84 Å². The van der Waals surface area contributed by atoms with Crippen molar-refractivity contribution in [3.05, 3.63) is 28.2 Å². The highest BCUT2D eigenvalue weighted by molar-refractivity contribution is 7.91. The maximum atomic E-state index is 12.4. The van der Waals surface area contributed by atoms with E-state index in [9.17, 15) is 13.2 Å². The molecule has 8 heteroatoms. The van der Waals surface area contributed by atoms with Gasteiger partial charge in [-0.05, 0) is 25.0 Å². The first kappa shape index (κ1) is 18.4. The molecular weight excluding hydrogens is 361 g/mol. The number of benzene rings is 1. The van der Waals surface area contributed by atoms with Gasteiger partial charge in [0.05, 0.1) is 16.5 Å². The zero-order chi connectivity index (χ0) is 17.0. The molecule has 1 atom stereocenters. The monoisotopic (exact) mass is 379 g/mol. The third-order valence-corrected chi connectivity index (χ3v) is 5.98. The highest BCUT2D eigenvalue weighted by Crippen LogP contribution is 2.28. The third-order valence-electron chi connectivity index (χ3n) is 3.68. The maximum Gasteiger partial charge on any atom is 0.260 e. The number of hydrogen-bond acceptors (Lipinski definition) is 4. The second-order valence-electron chi connectivity index (χ2n) is 5.51. The molecule has 1 fully saturated rings. The summed E-state index contributed by atoms with van der Waals surface area (Å²) in [5, 5.41) is 0.830. The molecule has 5 nitrogen and oxygen atoms in total. The minimum Gasteiger partial charge on any atom is -0.482 e. The van der Waals surface area contributed by atoms with Crippen molar-refractivity contribution in [1.82, 2.24) is 4.90 Å². The van der Waals surface area contributed by atoms with E-state index in [1.54, 1.807) is 23.1 Å². The van der Waals surface area contributed by atoms with E-state index in [1.165, 1.54) is 0 Å². The first-order valence-electron chi connectivity index (χ1n) is 7.40. The number of rotatable bonds is 6. The number of hydrogen-bond donors (Lipinski definition) is 0. The molecule has 128 valence electrons. The Bertz CT molecular complexity index is 678. The molecular formula is C15H19Cl2NO4S. The molecule has 1 saturated heterocycles. The van der Waals surface area contributed by atoms with Gasteiger partial charge in [-0.2, -0.15) is 0 Å². The number of amides is 1. The molecule has 1 aromatic rings. The summed E-state index contributed by atoms with van der Waals surface area (Å²) in [5.41, 5.74) is 0. The molecule has 0 aliphatic carbocycles. The van der Waals surface area contributed by atoms with Crippen LogP contribution in [0.3, 0.4) is 0 Å². The summed E-state index contributed by atoms with van der Waals surface area (Å²) in [6.45, 7) is 2.25. The maximum absolute atomic E-state index is 12.4. The average molecular weight is 380 g/mol. The van der Waals surface area contributed by atoms with Gasteiger partial charge in [0.15, 0.2) is 16.4 Å². The number of halogens is 2. The van der Waals surface area contributed by atoms with Crippen molar-refractivity contribution in [2.75, 3.05) is 24.7 Å². The summed E-state index contributed by atoms with van der Waals surface area (Å²) in [7, 11) is -3.05. The standard InChI is InChI=1S/C15H19Cl2NO4S/c1-2-6-18(12-5-7-23(20,21)10-12)15(19)9-22-14-8-11(16)3-4-13(14)17/h3-4,8,12H,2,5-7,9-10H2,1H3. The van der Waals surface area contributed by atoms with Gasteiger partial charge >= 0.3 is 0 Å². The molecule has 1 aliphatic heterocycles. The third kappa shape index (κ3) is 4.99. The summed E-state index contributed by atoms with van der Waals surface area (Å²) >= 11 is 11.9. The fraction of sp³-hybridized carbons (Fsp3) is 0.533. The zero-order valence-electron chi connectivity index (χ0n) is 12.8. The van der Waals surface area contributed by atoms with E-state index in [1.807, 2.05) is 6.92 Å². The number of sulfone groups is 1. The van der Waals surface area contributed by atoms with Crippen molar-refractivity contribution >= 4 is 38.9 Å². The van der Waals surface area contributed by atoms with E-state index in [0.717, 1.165) is 6.42 Å². The minimum atomic E-state index is -3.05.